The first-order valence-electron chi connectivity index (χ1n) is 10.2. The normalized spacial score (nSPS) is 10.8. The molecule has 10 heteroatoms. The minimum Gasteiger partial charge on any atom is -0.618 e. The van der Waals surface area contributed by atoms with Crippen molar-refractivity contribution in [1.29, 1.82) is 0 Å². The number of nitrogens with two attached hydrogens (primary N) is 1. The van der Waals surface area contributed by atoms with E-state index < -0.39 is 11.2 Å². The average Bonchev–Trinajstić information content (AvgIpc) is 2.78. The molecule has 3 aromatic rings. The van der Waals surface area contributed by atoms with Gasteiger partial charge in [-0.1, -0.05) is 43.7 Å². The number of nitrogens with zero attached hydrogens (tertiary/aromatic N) is 3. The van der Waals surface area contributed by atoms with Crippen LogP contribution in [-0.2, 0) is 11.3 Å². The molecule has 0 atom stereocenters. The maximum Gasteiger partial charge on any atom is 0.330 e. The van der Waals surface area contributed by atoms with E-state index >= 15 is 0 Å². The van der Waals surface area contributed by atoms with Crippen molar-refractivity contribution >= 4 is 29.2 Å². The Bertz CT molecular complexity index is 1190. The zero-order chi connectivity index (χ0) is 23.1. The molecule has 0 unspecified atom stereocenters. The molecule has 0 aliphatic heterocycles. The smallest absolute Gasteiger partial charge is 0.330 e. The number of aromatic amines is 1. The molecule has 168 valence electrons. The maximum absolute atomic E-state index is 13.1. The molecule has 1 amide bonds. The summed E-state index contributed by atoms with van der Waals surface area (Å²) in [6.07, 6.45) is 2.78. The Kier molecular flexibility index (Phi) is 7.72. The first-order valence-corrected chi connectivity index (χ1v) is 11.2. The fraction of sp³-hybridized carbons (Fsp3) is 0.273. The molecule has 0 aliphatic rings. The number of rotatable bonds is 9. The van der Waals surface area contributed by atoms with Gasteiger partial charge in [-0.05, 0) is 29.8 Å². The van der Waals surface area contributed by atoms with E-state index in [9.17, 15) is 19.6 Å². The molecular formula is C22H25N5O4S. The van der Waals surface area contributed by atoms with Crippen molar-refractivity contribution in [3.05, 3.63) is 86.3 Å². The van der Waals surface area contributed by atoms with E-state index in [1.54, 1.807) is 18.2 Å². The number of pyridine rings is 1. The van der Waals surface area contributed by atoms with Crippen LogP contribution in [0, 0.1) is 5.21 Å². The molecule has 2 heterocycles. The quantitative estimate of drug-likeness (QED) is 0.287. The molecular weight excluding hydrogens is 430 g/mol. The number of carbonyl (C=O) groups is 1. The Labute approximate surface area is 189 Å². The van der Waals surface area contributed by atoms with Crippen LogP contribution in [0.15, 0.2) is 69.3 Å². The predicted molar refractivity (Wildman–Crippen MR) is 125 cm³/mol. The van der Waals surface area contributed by atoms with E-state index in [1.807, 2.05) is 37.3 Å². The third kappa shape index (κ3) is 5.38. The standard InChI is InChI=1S/C22H25N5O4S/c1-2-3-12-25(17(28)15-32-18-11-7-8-13-27(18)31)19-20(23)26(22(30)24-21(19)29)14-16-9-5-4-6-10-16/h4-11,13H,2-3,12,14-15,23H2,1H3,(H,24,29,30). The van der Waals surface area contributed by atoms with E-state index in [1.165, 1.54) is 15.7 Å². The second kappa shape index (κ2) is 10.7. The first kappa shape index (κ1) is 23.1. The van der Waals surface area contributed by atoms with Gasteiger partial charge in [0, 0.05) is 18.7 Å². The van der Waals surface area contributed by atoms with Crippen molar-refractivity contribution in [2.24, 2.45) is 0 Å². The van der Waals surface area contributed by atoms with E-state index in [4.69, 9.17) is 5.73 Å². The number of thioether (sulfide) groups is 1. The number of amides is 1. The van der Waals surface area contributed by atoms with E-state index in [-0.39, 0.29) is 36.3 Å². The minimum atomic E-state index is -0.718. The highest BCUT2D eigenvalue weighted by Crippen LogP contribution is 2.21. The summed E-state index contributed by atoms with van der Waals surface area (Å²) in [6.45, 7) is 2.38. The fourth-order valence-corrected chi connectivity index (χ4v) is 3.97. The third-order valence-corrected chi connectivity index (χ3v) is 5.84. The van der Waals surface area contributed by atoms with Crippen LogP contribution in [0.5, 0.6) is 0 Å². The maximum atomic E-state index is 13.1. The zero-order valence-electron chi connectivity index (χ0n) is 17.7. The van der Waals surface area contributed by atoms with Gasteiger partial charge in [0.2, 0.25) is 5.91 Å². The molecule has 3 rings (SSSR count). The van der Waals surface area contributed by atoms with Gasteiger partial charge < -0.3 is 15.8 Å². The van der Waals surface area contributed by atoms with Gasteiger partial charge >= 0.3 is 5.69 Å². The monoisotopic (exact) mass is 455 g/mol. The van der Waals surface area contributed by atoms with Crippen molar-refractivity contribution in [3.8, 4) is 0 Å². The summed E-state index contributed by atoms with van der Waals surface area (Å²) in [5, 5.41) is 12.2. The van der Waals surface area contributed by atoms with Crippen LogP contribution in [0.4, 0.5) is 11.5 Å². The second-order valence-corrected chi connectivity index (χ2v) is 8.11. The number of H-pyrrole nitrogens is 1. The van der Waals surface area contributed by atoms with Crippen molar-refractivity contribution in [3.63, 3.8) is 0 Å². The molecule has 0 saturated carbocycles. The first-order chi connectivity index (χ1) is 15.4. The number of nitrogens with one attached hydrogen (secondary N) is 1. The van der Waals surface area contributed by atoms with Crippen LogP contribution in [0.1, 0.15) is 25.3 Å². The van der Waals surface area contributed by atoms with Crippen LogP contribution >= 0.6 is 11.8 Å². The van der Waals surface area contributed by atoms with E-state index in [0.717, 1.165) is 23.7 Å². The Morgan fingerprint density at radius 3 is 2.59 bits per heavy atom. The minimum absolute atomic E-state index is 0.0531. The number of carbonyl (C=O) groups excluding carboxylic acids is 1. The molecule has 9 nitrogen and oxygen atoms in total. The lowest BCUT2D eigenvalue weighted by molar-refractivity contribution is -0.645. The van der Waals surface area contributed by atoms with Crippen molar-refractivity contribution in [2.75, 3.05) is 22.9 Å². The molecule has 0 fully saturated rings. The number of anilines is 2. The van der Waals surface area contributed by atoms with Gasteiger partial charge in [-0.3, -0.25) is 19.1 Å². The summed E-state index contributed by atoms with van der Waals surface area (Å²) >= 11 is 1.07. The van der Waals surface area contributed by atoms with Gasteiger partial charge in [0.15, 0.2) is 11.9 Å². The third-order valence-electron chi connectivity index (χ3n) is 4.84. The molecule has 3 N–H and O–H groups in total. The second-order valence-electron chi connectivity index (χ2n) is 7.12. The molecule has 0 radical (unpaired) electrons. The number of aromatic nitrogens is 3. The topological polar surface area (TPSA) is 128 Å². The number of nitrogen functional groups attached to an aromatic ring is 1. The number of hydrogen-bond acceptors (Lipinski definition) is 6. The molecule has 1 aromatic carbocycles. The SMILES string of the molecule is CCCCN(C(=O)CSc1cccc[n+]1[O-])c1c(N)n(Cc2ccccc2)c(=O)[nH]c1=O. The van der Waals surface area contributed by atoms with Crippen LogP contribution in [-0.4, -0.2) is 27.8 Å². The number of unbranched alkanes of at least 4 members (excludes halogenated alkanes) is 1. The summed E-state index contributed by atoms with van der Waals surface area (Å²) in [7, 11) is 0. The van der Waals surface area contributed by atoms with Crippen molar-refractivity contribution < 1.29 is 9.52 Å². The molecule has 32 heavy (non-hydrogen) atoms. The molecule has 2 aromatic heterocycles. The Morgan fingerprint density at radius 2 is 1.91 bits per heavy atom. The van der Waals surface area contributed by atoms with Crippen molar-refractivity contribution in [2.45, 2.75) is 31.3 Å². The summed E-state index contributed by atoms with van der Waals surface area (Å²) in [6, 6.07) is 14.1. The zero-order valence-corrected chi connectivity index (χ0v) is 18.5. The van der Waals surface area contributed by atoms with Crippen LogP contribution in [0.2, 0.25) is 0 Å². The summed E-state index contributed by atoms with van der Waals surface area (Å²) in [5.74, 6) is -0.516. The number of hydrogen-bond donors (Lipinski definition) is 2. The Balaban J connectivity index is 1.94. The average molecular weight is 456 g/mol. The summed E-state index contributed by atoms with van der Waals surface area (Å²) in [5.41, 5.74) is 5.67. The van der Waals surface area contributed by atoms with Gasteiger partial charge in [-0.15, -0.1) is 0 Å². The molecule has 0 aliphatic carbocycles. The van der Waals surface area contributed by atoms with Crippen LogP contribution in [0.3, 0.4) is 0 Å². The van der Waals surface area contributed by atoms with E-state index in [2.05, 4.69) is 4.98 Å². The lowest BCUT2D eigenvalue weighted by Gasteiger charge is -2.24. The molecule has 0 spiro atoms. The predicted octanol–water partition coefficient (Wildman–Crippen LogP) is 1.73. The number of benzene rings is 1. The van der Waals surface area contributed by atoms with Crippen molar-refractivity contribution in [1.82, 2.24) is 9.55 Å². The van der Waals surface area contributed by atoms with Gasteiger partial charge in [-0.2, -0.15) is 4.73 Å². The van der Waals surface area contributed by atoms with E-state index in [0.29, 0.717) is 16.2 Å². The highest BCUT2D eigenvalue weighted by Gasteiger charge is 2.24. The lowest BCUT2D eigenvalue weighted by atomic mass is 10.2. The lowest BCUT2D eigenvalue weighted by Crippen LogP contribution is -2.42. The summed E-state index contributed by atoms with van der Waals surface area (Å²) < 4.78 is 1.92. The van der Waals surface area contributed by atoms with Gasteiger partial charge in [0.25, 0.3) is 10.6 Å². The highest BCUT2D eigenvalue weighted by molar-refractivity contribution is 7.99. The van der Waals surface area contributed by atoms with Gasteiger partial charge in [0.05, 0.1) is 12.3 Å². The highest BCUT2D eigenvalue weighted by atomic mass is 32.2. The largest absolute Gasteiger partial charge is 0.618 e. The fourth-order valence-electron chi connectivity index (χ4n) is 3.18. The van der Waals surface area contributed by atoms with Crippen LogP contribution in [0.25, 0.3) is 0 Å². The Hall–Kier alpha value is -3.53. The Morgan fingerprint density at radius 1 is 1.19 bits per heavy atom. The van der Waals surface area contributed by atoms with Gasteiger partial charge in [0.1, 0.15) is 5.82 Å². The molecule has 0 bridgehead atoms. The van der Waals surface area contributed by atoms with Crippen LogP contribution < -0.4 is 26.6 Å². The molecule has 0 saturated heterocycles. The summed E-state index contributed by atoms with van der Waals surface area (Å²) in [4.78, 5) is 41.8. The van der Waals surface area contributed by atoms with Gasteiger partial charge in [-0.25, -0.2) is 4.79 Å².